The third-order valence-corrected chi connectivity index (χ3v) is 2.24. The topological polar surface area (TPSA) is 67.2 Å². The van der Waals surface area contributed by atoms with E-state index in [-0.39, 0.29) is 0 Å². The first-order chi connectivity index (χ1) is 7.19. The van der Waals surface area contributed by atoms with Crippen LogP contribution in [0.15, 0.2) is 12.5 Å². The van der Waals surface area contributed by atoms with E-state index in [2.05, 4.69) is 10.3 Å². The van der Waals surface area contributed by atoms with E-state index in [1.807, 2.05) is 13.8 Å². The molecular formula is C10H17N3O2. The van der Waals surface area contributed by atoms with Crippen LogP contribution in [-0.4, -0.2) is 27.2 Å². The number of hydrogen-bond acceptors (Lipinski definition) is 3. The van der Waals surface area contributed by atoms with Gasteiger partial charge in [0.05, 0.1) is 12.0 Å². The zero-order valence-corrected chi connectivity index (χ0v) is 9.10. The van der Waals surface area contributed by atoms with Gasteiger partial charge in [0.1, 0.15) is 6.04 Å². The number of carboxylic acids is 1. The van der Waals surface area contributed by atoms with E-state index in [4.69, 9.17) is 5.11 Å². The molecule has 0 aliphatic rings. The zero-order valence-electron chi connectivity index (χ0n) is 9.10. The number of hydrogen-bond donors (Lipinski definition) is 2. The molecule has 2 N–H and O–H groups in total. The van der Waals surface area contributed by atoms with Crippen LogP contribution in [0.1, 0.15) is 32.0 Å². The largest absolute Gasteiger partial charge is 0.480 e. The number of carboxylic acid groups (broad SMARTS) is 1. The monoisotopic (exact) mass is 211 g/mol. The van der Waals surface area contributed by atoms with E-state index in [1.54, 1.807) is 17.1 Å². The molecule has 0 aliphatic heterocycles. The summed E-state index contributed by atoms with van der Waals surface area (Å²) in [5.74, 6) is -0.815. The predicted octanol–water partition coefficient (Wildman–Crippen LogP) is 1.03. The molecule has 0 radical (unpaired) electrons. The third kappa shape index (κ3) is 3.06. The molecule has 0 fully saturated rings. The number of carbonyl (C=O) groups is 1. The highest BCUT2D eigenvalue weighted by Gasteiger charge is 2.16. The lowest BCUT2D eigenvalue weighted by atomic mass is 10.2. The van der Waals surface area contributed by atoms with Crippen LogP contribution >= 0.6 is 0 Å². The van der Waals surface area contributed by atoms with Crippen LogP contribution < -0.4 is 5.32 Å². The summed E-state index contributed by atoms with van der Waals surface area (Å²) in [7, 11) is 0. The molecule has 0 aliphatic carbocycles. The second kappa shape index (κ2) is 5.50. The van der Waals surface area contributed by atoms with Gasteiger partial charge in [0.15, 0.2) is 0 Å². The van der Waals surface area contributed by atoms with Gasteiger partial charge in [0, 0.05) is 12.7 Å². The molecule has 15 heavy (non-hydrogen) atoms. The fourth-order valence-corrected chi connectivity index (χ4v) is 1.41. The van der Waals surface area contributed by atoms with Crippen molar-refractivity contribution in [2.45, 2.75) is 32.9 Å². The summed E-state index contributed by atoms with van der Waals surface area (Å²) in [5, 5.41) is 12.1. The van der Waals surface area contributed by atoms with Crippen LogP contribution in [0.3, 0.4) is 0 Å². The number of nitrogens with zero attached hydrogens (tertiary/aromatic N) is 2. The van der Waals surface area contributed by atoms with Gasteiger partial charge in [0.2, 0.25) is 0 Å². The van der Waals surface area contributed by atoms with Gasteiger partial charge in [-0.25, -0.2) is 9.78 Å². The summed E-state index contributed by atoms with van der Waals surface area (Å²) in [5.41, 5.74) is 0.872. The Bertz CT molecular complexity index is 322. The van der Waals surface area contributed by atoms with E-state index >= 15 is 0 Å². The van der Waals surface area contributed by atoms with E-state index in [9.17, 15) is 4.79 Å². The van der Waals surface area contributed by atoms with Gasteiger partial charge in [-0.15, -0.1) is 0 Å². The van der Waals surface area contributed by atoms with Crippen LogP contribution in [0, 0.1) is 0 Å². The molecule has 1 atom stereocenters. The molecule has 0 spiro atoms. The quantitative estimate of drug-likeness (QED) is 0.737. The Morgan fingerprint density at radius 2 is 2.40 bits per heavy atom. The molecular weight excluding hydrogens is 194 g/mol. The van der Waals surface area contributed by atoms with Crippen molar-refractivity contribution in [3.8, 4) is 0 Å². The van der Waals surface area contributed by atoms with Crippen molar-refractivity contribution < 1.29 is 9.90 Å². The highest BCUT2D eigenvalue weighted by atomic mass is 16.4. The summed E-state index contributed by atoms with van der Waals surface area (Å²) < 4.78 is 1.65. The van der Waals surface area contributed by atoms with E-state index in [0.29, 0.717) is 13.0 Å². The van der Waals surface area contributed by atoms with Gasteiger partial charge in [-0.05, 0) is 13.0 Å². The maximum atomic E-state index is 10.9. The maximum Gasteiger partial charge on any atom is 0.326 e. The van der Waals surface area contributed by atoms with Gasteiger partial charge in [0.25, 0.3) is 0 Å². The lowest BCUT2D eigenvalue weighted by Gasteiger charge is -2.10. The normalized spacial score (nSPS) is 12.7. The van der Waals surface area contributed by atoms with Crippen molar-refractivity contribution in [2.75, 3.05) is 6.54 Å². The minimum Gasteiger partial charge on any atom is -0.480 e. The summed E-state index contributed by atoms with van der Waals surface area (Å²) >= 11 is 0. The Hall–Kier alpha value is -1.36. The van der Waals surface area contributed by atoms with Crippen molar-refractivity contribution in [3.05, 3.63) is 18.2 Å². The van der Waals surface area contributed by atoms with Crippen LogP contribution in [0.5, 0.6) is 0 Å². The third-order valence-electron chi connectivity index (χ3n) is 2.24. The fourth-order valence-electron chi connectivity index (χ4n) is 1.41. The molecule has 5 heteroatoms. The van der Waals surface area contributed by atoms with Crippen molar-refractivity contribution in [1.29, 1.82) is 0 Å². The molecule has 1 aromatic heterocycles. The number of imidazole rings is 1. The average Bonchev–Trinajstić information content (AvgIpc) is 2.64. The van der Waals surface area contributed by atoms with Crippen LogP contribution in [0.25, 0.3) is 0 Å². The first-order valence-corrected chi connectivity index (χ1v) is 5.14. The number of rotatable bonds is 6. The summed E-state index contributed by atoms with van der Waals surface area (Å²) in [6.45, 7) is 5.42. The van der Waals surface area contributed by atoms with Gasteiger partial charge in [-0.2, -0.15) is 0 Å². The van der Waals surface area contributed by atoms with Crippen molar-refractivity contribution in [3.63, 3.8) is 0 Å². The second-order valence-corrected chi connectivity index (χ2v) is 3.35. The van der Waals surface area contributed by atoms with Gasteiger partial charge >= 0.3 is 5.97 Å². The second-order valence-electron chi connectivity index (χ2n) is 3.35. The zero-order chi connectivity index (χ0) is 11.3. The van der Waals surface area contributed by atoms with Gasteiger partial charge < -0.3 is 15.0 Å². The van der Waals surface area contributed by atoms with Crippen molar-refractivity contribution >= 4 is 5.97 Å². The molecule has 0 amide bonds. The number of nitrogens with one attached hydrogen (secondary N) is 1. The molecule has 1 unspecified atom stereocenters. The lowest BCUT2D eigenvalue weighted by molar-refractivity contribution is -0.141. The average molecular weight is 211 g/mol. The minimum atomic E-state index is -0.815. The standard InChI is InChI=1S/C10H17N3O2/c1-3-9(10(14)15)13-6-8(12-7-13)5-11-4-2/h6-7,9,11H,3-5H2,1-2H3,(H,14,15). The Kier molecular flexibility index (Phi) is 4.30. The molecule has 0 saturated carbocycles. The van der Waals surface area contributed by atoms with Crippen LogP contribution in [0.2, 0.25) is 0 Å². The molecule has 0 aromatic carbocycles. The Labute approximate surface area is 89.1 Å². The molecule has 1 heterocycles. The molecule has 0 saturated heterocycles. The molecule has 1 rings (SSSR count). The SMILES string of the molecule is CCNCc1cn(C(CC)C(=O)O)cn1. The lowest BCUT2D eigenvalue weighted by Crippen LogP contribution is -2.17. The van der Waals surface area contributed by atoms with Crippen molar-refractivity contribution in [2.24, 2.45) is 0 Å². The van der Waals surface area contributed by atoms with Crippen LogP contribution in [0.4, 0.5) is 0 Å². The van der Waals surface area contributed by atoms with Crippen LogP contribution in [-0.2, 0) is 11.3 Å². The van der Waals surface area contributed by atoms with E-state index in [0.717, 1.165) is 12.2 Å². The molecule has 1 aromatic rings. The fraction of sp³-hybridized carbons (Fsp3) is 0.600. The summed E-state index contributed by atoms with van der Waals surface area (Å²) in [6.07, 6.45) is 3.92. The van der Waals surface area contributed by atoms with E-state index < -0.39 is 12.0 Å². The smallest absolute Gasteiger partial charge is 0.326 e. The number of aliphatic carboxylic acids is 1. The Balaban J connectivity index is 2.69. The van der Waals surface area contributed by atoms with Crippen molar-refractivity contribution in [1.82, 2.24) is 14.9 Å². The van der Waals surface area contributed by atoms with Gasteiger partial charge in [-0.1, -0.05) is 13.8 Å². The minimum absolute atomic E-state index is 0.507. The Morgan fingerprint density at radius 3 is 2.93 bits per heavy atom. The number of aromatic nitrogens is 2. The highest BCUT2D eigenvalue weighted by molar-refractivity contribution is 5.71. The highest BCUT2D eigenvalue weighted by Crippen LogP contribution is 2.11. The maximum absolute atomic E-state index is 10.9. The molecule has 0 bridgehead atoms. The predicted molar refractivity (Wildman–Crippen MR) is 56.6 cm³/mol. The first kappa shape index (κ1) is 11.7. The molecule has 5 nitrogen and oxygen atoms in total. The molecule has 84 valence electrons. The first-order valence-electron chi connectivity index (χ1n) is 5.14. The summed E-state index contributed by atoms with van der Waals surface area (Å²) in [4.78, 5) is 15.0. The summed E-state index contributed by atoms with van der Waals surface area (Å²) in [6, 6.07) is -0.507. The Morgan fingerprint density at radius 1 is 1.67 bits per heavy atom. The van der Waals surface area contributed by atoms with Gasteiger partial charge in [-0.3, -0.25) is 0 Å². The van der Waals surface area contributed by atoms with E-state index in [1.165, 1.54) is 0 Å².